The van der Waals surface area contributed by atoms with Crippen LogP contribution in [0.2, 0.25) is 0 Å². The second kappa shape index (κ2) is 5.38. The lowest BCUT2D eigenvalue weighted by Gasteiger charge is -2.35. The predicted molar refractivity (Wildman–Crippen MR) is 70.0 cm³/mol. The van der Waals surface area contributed by atoms with Gasteiger partial charge in [0.05, 0.1) is 37.3 Å². The maximum absolute atomic E-state index is 12.6. The third-order valence-electron chi connectivity index (χ3n) is 3.37. The molecule has 1 aliphatic rings. The fourth-order valence-corrected chi connectivity index (χ4v) is 2.34. The van der Waals surface area contributed by atoms with Crippen LogP contribution >= 0.6 is 0 Å². The van der Waals surface area contributed by atoms with Crippen LogP contribution in [0.25, 0.3) is 0 Å². The van der Waals surface area contributed by atoms with E-state index >= 15 is 0 Å². The SMILES string of the molecule is Cc1cn[nH]c1C1COCCN1C(=O)c1cnccn1. The molecule has 0 aliphatic carbocycles. The fraction of sp³-hybridized carbons (Fsp3) is 0.385. The molecule has 1 saturated heterocycles. The van der Waals surface area contributed by atoms with Crippen LogP contribution < -0.4 is 0 Å². The van der Waals surface area contributed by atoms with Crippen LogP contribution in [-0.4, -0.2) is 50.7 Å². The molecule has 0 spiro atoms. The van der Waals surface area contributed by atoms with Gasteiger partial charge in [0, 0.05) is 18.9 Å². The zero-order chi connectivity index (χ0) is 13.9. The standard InChI is InChI=1S/C13H15N5O2/c1-9-6-16-17-12(9)11-8-20-5-4-18(11)13(19)10-7-14-2-3-15-10/h2-3,6-7,11H,4-5,8H2,1H3,(H,16,17). The molecule has 0 bridgehead atoms. The number of nitrogens with zero attached hydrogens (tertiary/aromatic N) is 4. The number of aromatic nitrogens is 4. The molecule has 1 amide bonds. The number of amides is 1. The normalized spacial score (nSPS) is 19.1. The molecule has 3 heterocycles. The molecule has 3 rings (SSSR count). The average molecular weight is 273 g/mol. The number of carbonyl (C=O) groups is 1. The van der Waals surface area contributed by atoms with E-state index in [1.165, 1.54) is 12.4 Å². The fourth-order valence-electron chi connectivity index (χ4n) is 2.34. The minimum atomic E-state index is -0.166. The largest absolute Gasteiger partial charge is 0.377 e. The molecule has 1 unspecified atom stereocenters. The van der Waals surface area contributed by atoms with Crippen LogP contribution in [0, 0.1) is 6.92 Å². The molecule has 1 aliphatic heterocycles. The van der Waals surface area contributed by atoms with Crippen molar-refractivity contribution in [2.45, 2.75) is 13.0 Å². The van der Waals surface area contributed by atoms with Gasteiger partial charge in [0.1, 0.15) is 5.69 Å². The number of aromatic amines is 1. The molecular weight excluding hydrogens is 258 g/mol. The summed E-state index contributed by atoms with van der Waals surface area (Å²) in [7, 11) is 0. The minimum absolute atomic E-state index is 0.139. The van der Waals surface area contributed by atoms with Crippen molar-refractivity contribution in [2.75, 3.05) is 19.8 Å². The van der Waals surface area contributed by atoms with Crippen LogP contribution in [0.1, 0.15) is 27.8 Å². The molecule has 104 valence electrons. The highest BCUT2D eigenvalue weighted by Crippen LogP contribution is 2.26. The molecule has 7 heteroatoms. The number of rotatable bonds is 2. The van der Waals surface area contributed by atoms with Gasteiger partial charge in [-0.1, -0.05) is 0 Å². The van der Waals surface area contributed by atoms with Crippen molar-refractivity contribution >= 4 is 5.91 Å². The summed E-state index contributed by atoms with van der Waals surface area (Å²) in [6.07, 6.45) is 6.29. The van der Waals surface area contributed by atoms with Gasteiger partial charge in [-0.2, -0.15) is 5.10 Å². The summed E-state index contributed by atoms with van der Waals surface area (Å²) in [6, 6.07) is -0.166. The maximum atomic E-state index is 12.6. The van der Waals surface area contributed by atoms with Gasteiger partial charge in [-0.05, 0) is 12.5 Å². The number of carbonyl (C=O) groups excluding carboxylic acids is 1. The molecule has 2 aromatic heterocycles. The summed E-state index contributed by atoms with van der Waals surface area (Å²) in [4.78, 5) is 22.3. The highest BCUT2D eigenvalue weighted by atomic mass is 16.5. The van der Waals surface area contributed by atoms with Crippen molar-refractivity contribution in [1.82, 2.24) is 25.1 Å². The van der Waals surface area contributed by atoms with Gasteiger partial charge < -0.3 is 9.64 Å². The molecule has 7 nitrogen and oxygen atoms in total. The van der Waals surface area contributed by atoms with Gasteiger partial charge in [0.15, 0.2) is 0 Å². The molecule has 0 saturated carbocycles. The van der Waals surface area contributed by atoms with E-state index in [2.05, 4.69) is 20.2 Å². The maximum Gasteiger partial charge on any atom is 0.274 e. The number of hydrogen-bond donors (Lipinski definition) is 1. The van der Waals surface area contributed by atoms with Crippen LogP contribution in [0.3, 0.4) is 0 Å². The first-order valence-corrected chi connectivity index (χ1v) is 6.42. The van der Waals surface area contributed by atoms with Crippen LogP contribution in [0.5, 0.6) is 0 Å². The lowest BCUT2D eigenvalue weighted by atomic mass is 10.1. The van der Waals surface area contributed by atoms with Gasteiger partial charge in [-0.25, -0.2) is 4.98 Å². The van der Waals surface area contributed by atoms with Gasteiger partial charge in [-0.3, -0.25) is 14.9 Å². The zero-order valence-corrected chi connectivity index (χ0v) is 11.1. The second-order valence-corrected chi connectivity index (χ2v) is 4.65. The summed E-state index contributed by atoms with van der Waals surface area (Å²) in [5, 5.41) is 6.97. The minimum Gasteiger partial charge on any atom is -0.377 e. The third kappa shape index (κ3) is 2.27. The summed E-state index contributed by atoms with van der Waals surface area (Å²) < 4.78 is 5.50. The van der Waals surface area contributed by atoms with Crippen LogP contribution in [-0.2, 0) is 4.74 Å². The average Bonchev–Trinajstić information content (AvgIpc) is 2.93. The van der Waals surface area contributed by atoms with E-state index in [9.17, 15) is 4.79 Å². The molecular formula is C13H15N5O2. The van der Waals surface area contributed by atoms with E-state index in [0.29, 0.717) is 25.5 Å². The highest BCUT2D eigenvalue weighted by molar-refractivity contribution is 5.92. The Bertz CT molecular complexity index is 598. The number of aryl methyl sites for hydroxylation is 1. The Morgan fingerprint density at radius 1 is 1.45 bits per heavy atom. The van der Waals surface area contributed by atoms with Crippen molar-refractivity contribution in [2.24, 2.45) is 0 Å². The zero-order valence-electron chi connectivity index (χ0n) is 11.1. The van der Waals surface area contributed by atoms with Gasteiger partial charge in [0.2, 0.25) is 0 Å². The number of ether oxygens (including phenoxy) is 1. The molecule has 2 aromatic rings. The Hall–Kier alpha value is -2.28. The monoisotopic (exact) mass is 273 g/mol. The molecule has 20 heavy (non-hydrogen) atoms. The summed E-state index contributed by atoms with van der Waals surface area (Å²) >= 11 is 0. The molecule has 1 atom stereocenters. The number of nitrogens with one attached hydrogen (secondary N) is 1. The van der Waals surface area contributed by atoms with Crippen molar-refractivity contribution in [3.8, 4) is 0 Å². The summed E-state index contributed by atoms with van der Waals surface area (Å²) in [5.41, 5.74) is 2.26. The van der Waals surface area contributed by atoms with E-state index in [1.54, 1.807) is 17.3 Å². The van der Waals surface area contributed by atoms with Crippen LogP contribution in [0.15, 0.2) is 24.8 Å². The Balaban J connectivity index is 1.90. The van der Waals surface area contributed by atoms with Gasteiger partial charge in [-0.15, -0.1) is 0 Å². The van der Waals surface area contributed by atoms with E-state index in [-0.39, 0.29) is 11.9 Å². The molecule has 1 fully saturated rings. The number of morpholine rings is 1. The van der Waals surface area contributed by atoms with E-state index in [1.807, 2.05) is 6.92 Å². The number of H-pyrrole nitrogens is 1. The van der Waals surface area contributed by atoms with Crippen molar-refractivity contribution in [3.63, 3.8) is 0 Å². The lowest BCUT2D eigenvalue weighted by Crippen LogP contribution is -2.44. The van der Waals surface area contributed by atoms with E-state index in [4.69, 9.17) is 4.74 Å². The third-order valence-corrected chi connectivity index (χ3v) is 3.37. The van der Waals surface area contributed by atoms with Crippen molar-refractivity contribution < 1.29 is 9.53 Å². The smallest absolute Gasteiger partial charge is 0.274 e. The number of hydrogen-bond acceptors (Lipinski definition) is 5. The topological polar surface area (TPSA) is 84.0 Å². The van der Waals surface area contributed by atoms with Crippen molar-refractivity contribution in [3.05, 3.63) is 41.7 Å². The Morgan fingerprint density at radius 2 is 2.35 bits per heavy atom. The Kier molecular flexibility index (Phi) is 3.42. The van der Waals surface area contributed by atoms with Gasteiger partial charge >= 0.3 is 0 Å². The summed E-state index contributed by atoms with van der Waals surface area (Å²) in [5.74, 6) is -0.139. The predicted octanol–water partition coefficient (Wildman–Crippen LogP) is 0.722. The molecule has 0 aromatic carbocycles. The summed E-state index contributed by atoms with van der Waals surface area (Å²) in [6.45, 7) is 3.46. The Labute approximate surface area is 116 Å². The molecule has 1 N–H and O–H groups in total. The second-order valence-electron chi connectivity index (χ2n) is 4.65. The van der Waals surface area contributed by atoms with Crippen LogP contribution in [0.4, 0.5) is 0 Å². The lowest BCUT2D eigenvalue weighted by molar-refractivity contribution is -0.00440. The molecule has 0 radical (unpaired) electrons. The van der Waals surface area contributed by atoms with Crippen molar-refractivity contribution in [1.29, 1.82) is 0 Å². The highest BCUT2D eigenvalue weighted by Gasteiger charge is 2.31. The first kappa shape index (κ1) is 12.7. The first-order chi connectivity index (χ1) is 9.77. The van der Waals surface area contributed by atoms with E-state index < -0.39 is 0 Å². The van der Waals surface area contributed by atoms with E-state index in [0.717, 1.165) is 11.3 Å². The quantitative estimate of drug-likeness (QED) is 0.871. The van der Waals surface area contributed by atoms with Gasteiger partial charge in [0.25, 0.3) is 5.91 Å². The first-order valence-electron chi connectivity index (χ1n) is 6.42. The Morgan fingerprint density at radius 3 is 3.05 bits per heavy atom.